The Morgan fingerprint density at radius 3 is 2.33 bits per heavy atom. The minimum Gasteiger partial charge on any atom is -0.305 e. The Hall–Kier alpha value is -1.19. The highest BCUT2D eigenvalue weighted by atomic mass is 32.1. The van der Waals surface area contributed by atoms with Crippen LogP contribution in [-0.4, -0.2) is 11.0 Å². The topological polar surface area (TPSA) is 24.9 Å². The van der Waals surface area contributed by atoms with Crippen LogP contribution >= 0.6 is 11.3 Å². The molecule has 3 heteroatoms. The predicted molar refractivity (Wildman–Crippen MR) is 92.1 cm³/mol. The molecule has 2 aromatic rings. The minimum absolute atomic E-state index is 0.274. The highest BCUT2D eigenvalue weighted by Crippen LogP contribution is 2.34. The lowest BCUT2D eigenvalue weighted by Gasteiger charge is -2.26. The highest BCUT2D eigenvalue weighted by molar-refractivity contribution is 7.11. The summed E-state index contributed by atoms with van der Waals surface area (Å²) in [6.07, 6.45) is 1.01. The SMILES string of the molecule is CCc1nc(C(NC(C)C)C(C)c2ccccc2)sc1C. The molecule has 0 aliphatic heterocycles. The van der Waals surface area contributed by atoms with Crippen LogP contribution in [0.3, 0.4) is 0 Å². The molecule has 0 amide bonds. The van der Waals surface area contributed by atoms with Crippen molar-refractivity contribution in [3.05, 3.63) is 51.5 Å². The first-order valence-electron chi connectivity index (χ1n) is 7.80. The van der Waals surface area contributed by atoms with E-state index in [0.29, 0.717) is 12.0 Å². The summed E-state index contributed by atoms with van der Waals surface area (Å²) in [4.78, 5) is 6.23. The zero-order valence-electron chi connectivity index (χ0n) is 13.7. The van der Waals surface area contributed by atoms with Crippen molar-refractivity contribution < 1.29 is 0 Å². The molecular weight excluding hydrogens is 276 g/mol. The molecule has 1 aromatic heterocycles. The summed E-state index contributed by atoms with van der Waals surface area (Å²) in [6, 6.07) is 11.4. The van der Waals surface area contributed by atoms with Crippen LogP contribution in [0.5, 0.6) is 0 Å². The van der Waals surface area contributed by atoms with Gasteiger partial charge in [0.2, 0.25) is 0 Å². The Kier molecular flexibility index (Phi) is 5.54. The van der Waals surface area contributed by atoms with Crippen LogP contribution in [0.2, 0.25) is 0 Å². The Bertz CT molecular complexity index is 560. The van der Waals surface area contributed by atoms with Gasteiger partial charge >= 0.3 is 0 Å². The molecule has 0 radical (unpaired) electrons. The van der Waals surface area contributed by atoms with E-state index in [2.05, 4.69) is 70.3 Å². The maximum Gasteiger partial charge on any atom is 0.111 e. The van der Waals surface area contributed by atoms with Gasteiger partial charge in [0.1, 0.15) is 5.01 Å². The van der Waals surface area contributed by atoms with Gasteiger partial charge in [-0.25, -0.2) is 4.98 Å². The third kappa shape index (κ3) is 3.92. The Labute approximate surface area is 132 Å². The number of nitrogens with one attached hydrogen (secondary N) is 1. The van der Waals surface area contributed by atoms with Crippen molar-refractivity contribution >= 4 is 11.3 Å². The van der Waals surface area contributed by atoms with Crippen LogP contribution in [0.1, 0.15) is 60.8 Å². The van der Waals surface area contributed by atoms with Gasteiger partial charge in [-0.05, 0) is 18.9 Å². The van der Waals surface area contributed by atoms with Gasteiger partial charge in [0.25, 0.3) is 0 Å². The molecule has 0 aliphatic rings. The number of aromatic nitrogens is 1. The van der Waals surface area contributed by atoms with Crippen molar-refractivity contribution in [2.75, 3.05) is 0 Å². The molecule has 1 aromatic carbocycles. The molecule has 114 valence electrons. The second-order valence-corrected chi connectivity index (χ2v) is 7.14. The first kappa shape index (κ1) is 16.2. The molecule has 2 rings (SSSR count). The van der Waals surface area contributed by atoms with Crippen molar-refractivity contribution in [2.24, 2.45) is 0 Å². The molecule has 0 fully saturated rings. The van der Waals surface area contributed by atoms with Crippen molar-refractivity contribution in [3.63, 3.8) is 0 Å². The fraction of sp³-hybridized carbons (Fsp3) is 0.500. The van der Waals surface area contributed by atoms with Crippen molar-refractivity contribution in [1.82, 2.24) is 10.3 Å². The van der Waals surface area contributed by atoms with Gasteiger partial charge < -0.3 is 5.32 Å². The molecule has 1 N–H and O–H groups in total. The lowest BCUT2D eigenvalue weighted by Crippen LogP contribution is -2.31. The summed E-state index contributed by atoms with van der Waals surface area (Å²) < 4.78 is 0. The predicted octanol–water partition coefficient (Wildman–Crippen LogP) is 4.86. The molecule has 1 heterocycles. The summed E-state index contributed by atoms with van der Waals surface area (Å²) in [6.45, 7) is 11.0. The lowest BCUT2D eigenvalue weighted by atomic mass is 9.93. The smallest absolute Gasteiger partial charge is 0.111 e. The third-order valence-electron chi connectivity index (χ3n) is 3.85. The second kappa shape index (κ2) is 7.19. The molecule has 21 heavy (non-hydrogen) atoms. The van der Waals surface area contributed by atoms with E-state index in [9.17, 15) is 0 Å². The molecule has 2 unspecified atom stereocenters. The summed E-state index contributed by atoms with van der Waals surface area (Å²) in [5.74, 6) is 0.406. The Morgan fingerprint density at radius 1 is 1.14 bits per heavy atom. The van der Waals surface area contributed by atoms with Crippen molar-refractivity contribution in [2.45, 2.75) is 59.0 Å². The largest absolute Gasteiger partial charge is 0.305 e. The zero-order valence-corrected chi connectivity index (χ0v) is 14.5. The summed E-state index contributed by atoms with van der Waals surface area (Å²) >= 11 is 1.84. The molecule has 0 saturated heterocycles. The molecular formula is C18H26N2S. The average Bonchev–Trinajstić information content (AvgIpc) is 2.85. The van der Waals surface area contributed by atoms with Crippen LogP contribution in [0.25, 0.3) is 0 Å². The van der Waals surface area contributed by atoms with Gasteiger partial charge in [0.05, 0.1) is 11.7 Å². The maximum absolute atomic E-state index is 4.88. The van der Waals surface area contributed by atoms with E-state index >= 15 is 0 Å². The number of thiazole rings is 1. The molecule has 0 saturated carbocycles. The summed E-state index contributed by atoms with van der Waals surface area (Å²) in [5, 5.41) is 4.92. The molecule has 0 aliphatic carbocycles. The van der Waals surface area contributed by atoms with Crippen LogP contribution in [-0.2, 0) is 6.42 Å². The average molecular weight is 302 g/mol. The van der Waals surface area contributed by atoms with E-state index in [1.54, 1.807) is 0 Å². The zero-order chi connectivity index (χ0) is 15.4. The number of benzene rings is 1. The maximum atomic E-state index is 4.88. The van der Waals surface area contributed by atoms with E-state index in [1.165, 1.54) is 21.1 Å². The normalized spacial score (nSPS) is 14.4. The quantitative estimate of drug-likeness (QED) is 0.824. The Morgan fingerprint density at radius 2 is 1.81 bits per heavy atom. The van der Waals surface area contributed by atoms with Crippen LogP contribution in [0, 0.1) is 6.92 Å². The molecule has 2 atom stereocenters. The van der Waals surface area contributed by atoms with Gasteiger partial charge in [0.15, 0.2) is 0 Å². The lowest BCUT2D eigenvalue weighted by molar-refractivity contribution is 0.424. The standard InChI is InChI=1S/C18H26N2S/c1-6-16-14(5)21-18(20-16)17(19-12(2)3)13(4)15-10-8-7-9-11-15/h7-13,17,19H,6H2,1-5H3. The van der Waals surface area contributed by atoms with Crippen LogP contribution < -0.4 is 5.32 Å². The van der Waals surface area contributed by atoms with Crippen molar-refractivity contribution in [1.29, 1.82) is 0 Å². The van der Waals surface area contributed by atoms with E-state index in [-0.39, 0.29) is 6.04 Å². The monoisotopic (exact) mass is 302 g/mol. The number of hydrogen-bond acceptors (Lipinski definition) is 3. The first-order chi connectivity index (χ1) is 10.0. The van der Waals surface area contributed by atoms with E-state index in [4.69, 9.17) is 4.98 Å². The van der Waals surface area contributed by atoms with E-state index < -0.39 is 0 Å². The number of aryl methyl sites for hydroxylation is 2. The van der Waals surface area contributed by atoms with Gasteiger partial charge in [0, 0.05) is 16.8 Å². The number of hydrogen-bond donors (Lipinski definition) is 1. The first-order valence-corrected chi connectivity index (χ1v) is 8.61. The van der Waals surface area contributed by atoms with E-state index in [0.717, 1.165) is 6.42 Å². The van der Waals surface area contributed by atoms with Crippen molar-refractivity contribution in [3.8, 4) is 0 Å². The fourth-order valence-corrected chi connectivity index (χ4v) is 3.83. The summed E-state index contributed by atoms with van der Waals surface area (Å²) in [5.41, 5.74) is 2.60. The molecule has 0 spiro atoms. The summed E-state index contributed by atoms with van der Waals surface area (Å²) in [7, 11) is 0. The van der Waals surface area contributed by atoms with Gasteiger partial charge in [-0.1, -0.05) is 58.0 Å². The number of nitrogens with zero attached hydrogens (tertiary/aromatic N) is 1. The molecule has 2 nitrogen and oxygen atoms in total. The minimum atomic E-state index is 0.274. The fourth-order valence-electron chi connectivity index (χ4n) is 2.65. The van der Waals surface area contributed by atoms with Gasteiger partial charge in [-0.15, -0.1) is 11.3 Å². The van der Waals surface area contributed by atoms with Gasteiger partial charge in [-0.3, -0.25) is 0 Å². The van der Waals surface area contributed by atoms with E-state index in [1.807, 2.05) is 11.3 Å². The van der Waals surface area contributed by atoms with Gasteiger partial charge in [-0.2, -0.15) is 0 Å². The molecule has 0 bridgehead atoms. The second-order valence-electron chi connectivity index (χ2n) is 5.91. The third-order valence-corrected chi connectivity index (χ3v) is 4.94. The highest BCUT2D eigenvalue weighted by Gasteiger charge is 2.25. The van der Waals surface area contributed by atoms with Crippen LogP contribution in [0.4, 0.5) is 0 Å². The van der Waals surface area contributed by atoms with Crippen LogP contribution in [0.15, 0.2) is 30.3 Å². The number of rotatable bonds is 6. The Balaban J connectivity index is 2.33.